The Morgan fingerprint density at radius 3 is 2.46 bits per heavy atom. The zero-order valence-corrected chi connectivity index (χ0v) is 8.09. The van der Waals surface area contributed by atoms with Crippen LogP contribution in [-0.2, 0) is 19.7 Å². The summed E-state index contributed by atoms with van der Waals surface area (Å²) in [4.78, 5) is 10.8. The first kappa shape index (κ1) is 12.3. The molecule has 0 aliphatic heterocycles. The van der Waals surface area contributed by atoms with E-state index in [0.29, 0.717) is 0 Å². The Hall–Kier alpha value is -0.700. The van der Waals surface area contributed by atoms with Gasteiger partial charge in [0.25, 0.3) is 10.2 Å². The van der Waals surface area contributed by atoms with Crippen LogP contribution < -0.4 is 9.44 Å². The van der Waals surface area contributed by atoms with Gasteiger partial charge >= 0.3 is 5.97 Å². The lowest BCUT2D eigenvalue weighted by atomic mass is 10.3. The highest BCUT2D eigenvalue weighted by Gasteiger charge is 2.22. The van der Waals surface area contributed by atoms with E-state index in [1.165, 1.54) is 7.05 Å². The number of ether oxygens (including phenoxy) is 1. The molecule has 13 heavy (non-hydrogen) atoms. The van der Waals surface area contributed by atoms with Crippen molar-refractivity contribution in [1.82, 2.24) is 9.44 Å². The molecule has 0 aliphatic rings. The topological polar surface area (TPSA) is 105 Å². The van der Waals surface area contributed by atoms with Crippen LogP contribution in [0.25, 0.3) is 0 Å². The van der Waals surface area contributed by atoms with Gasteiger partial charge in [0.15, 0.2) is 0 Å². The molecule has 0 bridgehead atoms. The first-order chi connectivity index (χ1) is 5.96. The van der Waals surface area contributed by atoms with Gasteiger partial charge in [-0.15, -0.1) is 0 Å². The Bertz CT molecular complexity index is 262. The second-order valence-electron chi connectivity index (χ2n) is 2.08. The number of carbonyl (C=O) groups excluding carboxylic acids is 1. The van der Waals surface area contributed by atoms with Gasteiger partial charge in [-0.25, -0.2) is 4.72 Å². The second-order valence-corrected chi connectivity index (χ2v) is 3.73. The van der Waals surface area contributed by atoms with Crippen molar-refractivity contribution in [2.24, 2.45) is 0 Å². The molecule has 3 N–H and O–H groups in total. The van der Waals surface area contributed by atoms with Crippen LogP contribution in [0.2, 0.25) is 0 Å². The molecular formula is C5H12N2O5S. The fourth-order valence-electron chi connectivity index (χ4n) is 0.548. The van der Waals surface area contributed by atoms with Crippen molar-refractivity contribution in [3.8, 4) is 0 Å². The fourth-order valence-corrected chi connectivity index (χ4v) is 1.21. The van der Waals surface area contributed by atoms with Gasteiger partial charge in [0.05, 0.1) is 13.7 Å². The van der Waals surface area contributed by atoms with Gasteiger partial charge in [0.2, 0.25) is 0 Å². The van der Waals surface area contributed by atoms with E-state index >= 15 is 0 Å². The number of hydrogen-bond acceptors (Lipinski definition) is 5. The predicted octanol–water partition coefficient (Wildman–Crippen LogP) is -2.43. The van der Waals surface area contributed by atoms with Crippen LogP contribution >= 0.6 is 0 Å². The van der Waals surface area contributed by atoms with E-state index in [0.717, 1.165) is 7.11 Å². The summed E-state index contributed by atoms with van der Waals surface area (Å²) >= 11 is 0. The molecule has 0 fully saturated rings. The van der Waals surface area contributed by atoms with E-state index in [1.54, 1.807) is 0 Å². The van der Waals surface area contributed by atoms with Crippen molar-refractivity contribution in [3.63, 3.8) is 0 Å². The summed E-state index contributed by atoms with van der Waals surface area (Å²) in [5, 5.41) is 8.63. The number of methoxy groups -OCH3 is 1. The van der Waals surface area contributed by atoms with Crippen molar-refractivity contribution >= 4 is 16.2 Å². The molecule has 0 rings (SSSR count). The van der Waals surface area contributed by atoms with Gasteiger partial charge in [0.1, 0.15) is 6.04 Å². The van der Waals surface area contributed by atoms with Gasteiger partial charge in [0, 0.05) is 7.05 Å². The van der Waals surface area contributed by atoms with Crippen molar-refractivity contribution in [1.29, 1.82) is 0 Å². The molecule has 0 amide bonds. The van der Waals surface area contributed by atoms with Crippen molar-refractivity contribution < 1.29 is 23.1 Å². The predicted molar refractivity (Wildman–Crippen MR) is 44.0 cm³/mol. The zero-order chi connectivity index (χ0) is 10.5. The van der Waals surface area contributed by atoms with E-state index in [4.69, 9.17) is 5.11 Å². The minimum Gasteiger partial charge on any atom is -0.468 e. The summed E-state index contributed by atoms with van der Waals surface area (Å²) in [7, 11) is -1.48. The molecule has 0 saturated carbocycles. The van der Waals surface area contributed by atoms with Crippen LogP contribution in [0.3, 0.4) is 0 Å². The number of carbonyl (C=O) groups is 1. The number of esters is 1. The van der Waals surface area contributed by atoms with Crippen LogP contribution in [0.15, 0.2) is 0 Å². The van der Waals surface area contributed by atoms with Gasteiger partial charge in [-0.05, 0) is 0 Å². The summed E-state index contributed by atoms with van der Waals surface area (Å²) in [5.74, 6) is -0.846. The maximum absolute atomic E-state index is 10.8. The highest BCUT2D eigenvalue weighted by atomic mass is 32.2. The average Bonchev–Trinajstić information content (AvgIpc) is 2.13. The van der Waals surface area contributed by atoms with E-state index < -0.39 is 28.8 Å². The quantitative estimate of drug-likeness (QED) is 0.440. The molecule has 7 nitrogen and oxygen atoms in total. The Kier molecular flexibility index (Phi) is 4.85. The third kappa shape index (κ3) is 4.18. The highest BCUT2D eigenvalue weighted by molar-refractivity contribution is 7.87. The third-order valence-corrected chi connectivity index (χ3v) is 2.37. The molecule has 0 spiro atoms. The Labute approximate surface area is 76.3 Å². The molecule has 0 aromatic heterocycles. The zero-order valence-electron chi connectivity index (χ0n) is 7.27. The van der Waals surface area contributed by atoms with Crippen LogP contribution in [0.1, 0.15) is 0 Å². The molecule has 0 saturated heterocycles. The van der Waals surface area contributed by atoms with Gasteiger partial charge in [-0.1, -0.05) is 0 Å². The molecule has 8 heteroatoms. The minimum atomic E-state index is -3.75. The lowest BCUT2D eigenvalue weighted by Crippen LogP contribution is -2.47. The van der Waals surface area contributed by atoms with Crippen LogP contribution in [-0.4, -0.2) is 46.3 Å². The largest absolute Gasteiger partial charge is 0.468 e. The molecule has 0 aromatic rings. The van der Waals surface area contributed by atoms with Gasteiger partial charge in [-0.3, -0.25) is 4.79 Å². The normalized spacial score (nSPS) is 13.8. The van der Waals surface area contributed by atoms with Crippen molar-refractivity contribution in [2.75, 3.05) is 20.8 Å². The summed E-state index contributed by atoms with van der Waals surface area (Å²) in [6, 6.07) is -1.28. The monoisotopic (exact) mass is 212 g/mol. The van der Waals surface area contributed by atoms with Crippen molar-refractivity contribution in [2.45, 2.75) is 6.04 Å². The minimum absolute atomic E-state index is 0.659. The lowest BCUT2D eigenvalue weighted by molar-refractivity contribution is -0.143. The maximum atomic E-state index is 10.8. The molecule has 0 aliphatic carbocycles. The van der Waals surface area contributed by atoms with Gasteiger partial charge in [-0.2, -0.15) is 13.1 Å². The molecule has 78 valence electrons. The van der Waals surface area contributed by atoms with Crippen LogP contribution in [0, 0.1) is 0 Å². The SMILES string of the molecule is CNS(=O)(=O)NC(CO)C(=O)OC. The molecule has 0 heterocycles. The smallest absolute Gasteiger partial charge is 0.326 e. The molecule has 0 radical (unpaired) electrons. The second kappa shape index (κ2) is 5.12. The van der Waals surface area contributed by atoms with Crippen molar-refractivity contribution in [3.05, 3.63) is 0 Å². The summed E-state index contributed by atoms with van der Waals surface area (Å²) < 4.78 is 29.7. The number of hydrogen-bond donors (Lipinski definition) is 3. The first-order valence-electron chi connectivity index (χ1n) is 3.36. The van der Waals surface area contributed by atoms with E-state index in [1.807, 2.05) is 9.44 Å². The van der Waals surface area contributed by atoms with E-state index in [-0.39, 0.29) is 0 Å². The number of aliphatic hydroxyl groups is 1. The number of aliphatic hydroxyl groups excluding tert-OH is 1. The standard InChI is InChI=1S/C5H12N2O5S/c1-6-13(10,11)7-4(3-8)5(9)12-2/h4,6-8H,3H2,1-2H3. The first-order valence-corrected chi connectivity index (χ1v) is 4.84. The summed E-state index contributed by atoms with van der Waals surface area (Å²) in [6.07, 6.45) is 0. The lowest BCUT2D eigenvalue weighted by Gasteiger charge is -2.12. The third-order valence-electron chi connectivity index (χ3n) is 1.23. The molecule has 1 atom stereocenters. The molecule has 1 unspecified atom stereocenters. The average molecular weight is 212 g/mol. The summed E-state index contributed by atoms with van der Waals surface area (Å²) in [6.45, 7) is -0.659. The Morgan fingerprint density at radius 1 is 1.62 bits per heavy atom. The fraction of sp³-hybridized carbons (Fsp3) is 0.800. The van der Waals surface area contributed by atoms with E-state index in [2.05, 4.69) is 4.74 Å². The van der Waals surface area contributed by atoms with Crippen LogP contribution in [0.4, 0.5) is 0 Å². The summed E-state index contributed by atoms with van der Waals surface area (Å²) in [5.41, 5.74) is 0. The number of nitrogens with one attached hydrogen (secondary N) is 2. The number of rotatable bonds is 5. The molecular weight excluding hydrogens is 200 g/mol. The van der Waals surface area contributed by atoms with E-state index in [9.17, 15) is 13.2 Å². The molecule has 0 aromatic carbocycles. The Balaban J connectivity index is 4.38. The highest BCUT2D eigenvalue weighted by Crippen LogP contribution is 1.88. The van der Waals surface area contributed by atoms with Gasteiger partial charge < -0.3 is 9.84 Å². The maximum Gasteiger partial charge on any atom is 0.326 e. The Morgan fingerprint density at radius 2 is 2.15 bits per heavy atom. The van der Waals surface area contributed by atoms with Crippen LogP contribution in [0.5, 0.6) is 0 Å².